The highest BCUT2D eigenvalue weighted by Crippen LogP contribution is 2.42. The van der Waals surface area contributed by atoms with Gasteiger partial charge >= 0.3 is 0 Å². The molecule has 0 aliphatic heterocycles. The molecule has 1 unspecified atom stereocenters. The summed E-state index contributed by atoms with van der Waals surface area (Å²) in [5.74, 6) is 0.421. The zero-order valence-corrected chi connectivity index (χ0v) is 18.5. The third-order valence-electron chi connectivity index (χ3n) is 5.35. The lowest BCUT2D eigenvalue weighted by atomic mass is 9.64. The number of Topliss-reactive ketones (excluding diaryl/α,β-unsaturated/α-hetero) is 1. The summed E-state index contributed by atoms with van der Waals surface area (Å²) in [4.78, 5) is 13.1. The SMILES string of the molecule is CC(C)(C)C(=O)C(CC(C)(C)c1ccc(C(C)(C)C)cc1)C(C)(C)C. The van der Waals surface area contributed by atoms with Crippen molar-refractivity contribution < 1.29 is 4.79 Å². The van der Waals surface area contributed by atoms with E-state index in [2.05, 4.69) is 79.7 Å². The molecular formula is C24H40O. The van der Waals surface area contributed by atoms with Gasteiger partial charge in [-0.15, -0.1) is 0 Å². The Bertz CT molecular complexity index is 583. The minimum atomic E-state index is -0.301. The van der Waals surface area contributed by atoms with Crippen LogP contribution in [-0.4, -0.2) is 5.78 Å². The largest absolute Gasteiger partial charge is 0.299 e. The van der Waals surface area contributed by atoms with E-state index < -0.39 is 0 Å². The number of hydrogen-bond donors (Lipinski definition) is 0. The number of carbonyl (C=O) groups is 1. The minimum absolute atomic E-state index is 0.0325. The molecular weight excluding hydrogens is 304 g/mol. The average molecular weight is 345 g/mol. The predicted molar refractivity (Wildman–Crippen MR) is 110 cm³/mol. The van der Waals surface area contributed by atoms with Gasteiger partial charge in [0.1, 0.15) is 5.78 Å². The smallest absolute Gasteiger partial charge is 0.141 e. The fourth-order valence-corrected chi connectivity index (χ4v) is 3.36. The summed E-state index contributed by atoms with van der Waals surface area (Å²) in [5, 5.41) is 0. The van der Waals surface area contributed by atoms with Crippen molar-refractivity contribution in [3.63, 3.8) is 0 Å². The van der Waals surface area contributed by atoms with Crippen LogP contribution in [0.2, 0.25) is 0 Å². The van der Waals surface area contributed by atoms with E-state index in [4.69, 9.17) is 0 Å². The number of hydrogen-bond acceptors (Lipinski definition) is 1. The molecule has 1 nitrogen and oxygen atoms in total. The topological polar surface area (TPSA) is 17.1 Å². The molecule has 0 aliphatic rings. The number of rotatable bonds is 4. The molecule has 0 saturated heterocycles. The number of benzene rings is 1. The van der Waals surface area contributed by atoms with Crippen molar-refractivity contribution in [1.29, 1.82) is 0 Å². The van der Waals surface area contributed by atoms with Gasteiger partial charge in [-0.05, 0) is 33.8 Å². The Morgan fingerprint density at radius 3 is 1.48 bits per heavy atom. The average Bonchev–Trinajstić information content (AvgIpc) is 2.41. The zero-order chi connectivity index (χ0) is 19.8. The number of carbonyl (C=O) groups excluding carboxylic acids is 1. The van der Waals surface area contributed by atoms with Crippen LogP contribution in [0.25, 0.3) is 0 Å². The van der Waals surface area contributed by atoms with Crippen LogP contribution >= 0.6 is 0 Å². The van der Waals surface area contributed by atoms with Gasteiger partial charge in [-0.2, -0.15) is 0 Å². The quantitative estimate of drug-likeness (QED) is 0.578. The van der Waals surface area contributed by atoms with Crippen molar-refractivity contribution in [3.8, 4) is 0 Å². The summed E-state index contributed by atoms with van der Waals surface area (Å²) in [7, 11) is 0. The predicted octanol–water partition coefficient (Wildman–Crippen LogP) is 6.93. The molecule has 1 atom stereocenters. The van der Waals surface area contributed by atoms with Crippen LogP contribution in [0.1, 0.15) is 93.7 Å². The highest BCUT2D eigenvalue weighted by Gasteiger charge is 2.40. The van der Waals surface area contributed by atoms with E-state index in [0.717, 1.165) is 6.42 Å². The molecule has 0 radical (unpaired) electrons. The van der Waals surface area contributed by atoms with E-state index in [9.17, 15) is 4.79 Å². The maximum absolute atomic E-state index is 13.1. The van der Waals surface area contributed by atoms with Gasteiger partial charge in [0.15, 0.2) is 0 Å². The molecule has 0 amide bonds. The van der Waals surface area contributed by atoms with Crippen LogP contribution in [0.3, 0.4) is 0 Å². The first-order chi connectivity index (χ1) is 11.0. The van der Waals surface area contributed by atoms with Gasteiger partial charge in [-0.1, -0.05) is 100 Å². The van der Waals surface area contributed by atoms with Gasteiger partial charge < -0.3 is 0 Å². The molecule has 0 saturated carbocycles. The molecule has 0 aromatic heterocycles. The molecule has 1 rings (SSSR count). The van der Waals surface area contributed by atoms with Crippen molar-refractivity contribution in [2.24, 2.45) is 16.7 Å². The van der Waals surface area contributed by atoms with E-state index in [0.29, 0.717) is 5.78 Å². The second kappa shape index (κ2) is 6.89. The summed E-state index contributed by atoms with van der Waals surface area (Å²) >= 11 is 0. The van der Waals surface area contributed by atoms with Crippen molar-refractivity contribution in [3.05, 3.63) is 35.4 Å². The van der Waals surface area contributed by atoms with Crippen molar-refractivity contribution in [2.75, 3.05) is 0 Å². The van der Waals surface area contributed by atoms with Gasteiger partial charge in [-0.3, -0.25) is 4.79 Å². The minimum Gasteiger partial charge on any atom is -0.299 e. The second-order valence-electron chi connectivity index (χ2n) is 11.4. The highest BCUT2D eigenvalue weighted by atomic mass is 16.1. The monoisotopic (exact) mass is 344 g/mol. The summed E-state index contributed by atoms with van der Waals surface area (Å²) < 4.78 is 0. The van der Waals surface area contributed by atoms with E-state index in [1.165, 1.54) is 11.1 Å². The second-order valence-corrected chi connectivity index (χ2v) is 11.4. The molecule has 0 N–H and O–H groups in total. The molecule has 1 aromatic carbocycles. The van der Waals surface area contributed by atoms with Crippen LogP contribution in [0.15, 0.2) is 24.3 Å². The Morgan fingerprint density at radius 2 is 1.16 bits per heavy atom. The van der Waals surface area contributed by atoms with Crippen LogP contribution in [0, 0.1) is 16.7 Å². The van der Waals surface area contributed by atoms with Crippen molar-refractivity contribution in [1.82, 2.24) is 0 Å². The molecule has 0 heterocycles. The standard InChI is InChI=1S/C24H40O/c1-21(2,3)17-12-14-18(15-13-17)24(10,11)16-19(22(4,5)6)20(25)23(7,8)9/h12-15,19H,16H2,1-11H3. The highest BCUT2D eigenvalue weighted by molar-refractivity contribution is 5.86. The Kier molecular flexibility index (Phi) is 6.05. The zero-order valence-electron chi connectivity index (χ0n) is 18.5. The summed E-state index contributed by atoms with van der Waals surface area (Å²) in [6, 6.07) is 8.99. The lowest BCUT2D eigenvalue weighted by molar-refractivity contribution is -0.134. The number of ketones is 1. The lowest BCUT2D eigenvalue weighted by Gasteiger charge is -2.39. The summed E-state index contributed by atoms with van der Waals surface area (Å²) in [6.07, 6.45) is 0.876. The van der Waals surface area contributed by atoms with E-state index in [-0.39, 0.29) is 27.6 Å². The van der Waals surface area contributed by atoms with Gasteiger partial charge in [-0.25, -0.2) is 0 Å². The first-order valence-corrected chi connectivity index (χ1v) is 9.61. The molecule has 0 spiro atoms. The molecule has 25 heavy (non-hydrogen) atoms. The van der Waals surface area contributed by atoms with Crippen LogP contribution in [0.4, 0.5) is 0 Å². The molecule has 142 valence electrons. The molecule has 0 bridgehead atoms. The van der Waals surface area contributed by atoms with Gasteiger partial charge in [0.05, 0.1) is 0 Å². The van der Waals surface area contributed by atoms with Crippen LogP contribution < -0.4 is 0 Å². The van der Waals surface area contributed by atoms with Gasteiger partial charge in [0.2, 0.25) is 0 Å². The van der Waals surface area contributed by atoms with Crippen molar-refractivity contribution >= 4 is 5.78 Å². The fraction of sp³-hybridized carbons (Fsp3) is 0.708. The molecule has 1 heteroatoms. The Morgan fingerprint density at radius 1 is 0.760 bits per heavy atom. The van der Waals surface area contributed by atoms with Crippen LogP contribution in [0.5, 0.6) is 0 Å². The van der Waals surface area contributed by atoms with E-state index >= 15 is 0 Å². The maximum Gasteiger partial charge on any atom is 0.141 e. The molecule has 1 aromatic rings. The van der Waals surface area contributed by atoms with Crippen LogP contribution in [-0.2, 0) is 15.6 Å². The van der Waals surface area contributed by atoms with Crippen molar-refractivity contribution in [2.45, 2.75) is 93.4 Å². The Hall–Kier alpha value is -1.11. The molecule has 0 fully saturated rings. The fourth-order valence-electron chi connectivity index (χ4n) is 3.36. The molecule has 0 aliphatic carbocycles. The van der Waals surface area contributed by atoms with E-state index in [1.54, 1.807) is 0 Å². The third-order valence-corrected chi connectivity index (χ3v) is 5.35. The Labute approximate surface area is 156 Å². The van der Waals surface area contributed by atoms with E-state index in [1.807, 2.05) is 20.8 Å². The lowest BCUT2D eigenvalue weighted by Crippen LogP contribution is -2.40. The third kappa shape index (κ3) is 5.69. The normalized spacial score (nSPS) is 15.2. The summed E-state index contributed by atoms with van der Waals surface area (Å²) in [5.41, 5.74) is 2.47. The van der Waals surface area contributed by atoms with Gasteiger partial charge in [0.25, 0.3) is 0 Å². The van der Waals surface area contributed by atoms with Gasteiger partial charge in [0, 0.05) is 11.3 Å². The first kappa shape index (κ1) is 21.9. The summed E-state index contributed by atoms with van der Waals surface area (Å²) in [6.45, 7) is 24.0. The Balaban J connectivity index is 3.17. The first-order valence-electron chi connectivity index (χ1n) is 9.61. The maximum atomic E-state index is 13.1.